The quantitative estimate of drug-likeness (QED) is 0.413. The first-order valence-electron chi connectivity index (χ1n) is 7.11. The van der Waals surface area contributed by atoms with E-state index in [9.17, 15) is 0 Å². The van der Waals surface area contributed by atoms with Crippen LogP contribution in [0.3, 0.4) is 0 Å². The van der Waals surface area contributed by atoms with E-state index >= 15 is 0 Å². The van der Waals surface area contributed by atoms with Crippen molar-refractivity contribution in [2.24, 2.45) is 0 Å². The van der Waals surface area contributed by atoms with Gasteiger partial charge in [0.25, 0.3) is 0 Å². The zero-order valence-electron chi connectivity index (χ0n) is 11.2. The molecule has 0 saturated carbocycles. The molecule has 0 fully saturated rings. The van der Waals surface area contributed by atoms with Crippen molar-refractivity contribution < 1.29 is 4.74 Å². The lowest BCUT2D eigenvalue weighted by molar-refractivity contribution is 0.126. The third-order valence-corrected chi connectivity index (χ3v) is 3.58. The number of hydrogen-bond acceptors (Lipinski definition) is 1. The Morgan fingerprint density at radius 2 is 1.44 bits per heavy atom. The molecule has 0 spiro atoms. The van der Waals surface area contributed by atoms with Gasteiger partial charge in [0.05, 0.1) is 0 Å². The van der Waals surface area contributed by atoms with Gasteiger partial charge in [0, 0.05) is 18.5 Å². The fourth-order valence-electron chi connectivity index (χ4n) is 1.93. The van der Waals surface area contributed by atoms with E-state index in [0.717, 1.165) is 18.5 Å². The van der Waals surface area contributed by atoms with Gasteiger partial charge in [-0.05, 0) is 37.7 Å². The molecule has 102 valence electrons. The molecule has 0 radical (unpaired) electrons. The lowest BCUT2D eigenvalue weighted by Gasteiger charge is -2.04. The van der Waals surface area contributed by atoms with E-state index in [4.69, 9.17) is 4.74 Å². The molecule has 0 aliphatic carbocycles. The molecule has 0 bridgehead atoms. The summed E-state index contributed by atoms with van der Waals surface area (Å²) in [5.74, 6) is 0. The average Bonchev–Trinajstić information content (AvgIpc) is 2.42. The molecule has 0 aliphatic heterocycles. The molecule has 0 aromatic heterocycles. The van der Waals surface area contributed by atoms with Gasteiger partial charge in [-0.15, -0.1) is 0 Å². The van der Waals surface area contributed by atoms with Gasteiger partial charge in [-0.25, -0.2) is 0 Å². The molecule has 0 N–H and O–H groups in total. The first-order chi connectivity index (χ1) is 8.93. The molecule has 0 unspecified atom stereocenters. The normalized spacial score (nSPS) is 10.7. The average molecular weight is 313 g/mol. The van der Waals surface area contributed by atoms with Gasteiger partial charge in [0.15, 0.2) is 0 Å². The van der Waals surface area contributed by atoms with Crippen molar-refractivity contribution in [1.29, 1.82) is 0 Å². The fourth-order valence-corrected chi connectivity index (χ4v) is 2.33. The van der Waals surface area contributed by atoms with Crippen LogP contribution in [0.4, 0.5) is 0 Å². The van der Waals surface area contributed by atoms with Crippen molar-refractivity contribution in [1.82, 2.24) is 0 Å². The Morgan fingerprint density at radius 1 is 0.778 bits per heavy atom. The van der Waals surface area contributed by atoms with Gasteiger partial charge >= 0.3 is 0 Å². The summed E-state index contributed by atoms with van der Waals surface area (Å²) in [5, 5.41) is 1.12. The molecule has 2 heteroatoms. The summed E-state index contributed by atoms with van der Waals surface area (Å²) >= 11 is 3.44. The standard InChI is InChI=1S/C16H25BrO/c17-13-7-3-9-15-18-14-8-2-6-12-16-10-4-1-5-11-16/h1,4-5,10-11H,2-3,6-9,12-15H2. The van der Waals surface area contributed by atoms with Gasteiger partial charge in [-0.2, -0.15) is 0 Å². The first-order valence-corrected chi connectivity index (χ1v) is 8.23. The summed E-state index contributed by atoms with van der Waals surface area (Å²) in [5.41, 5.74) is 1.45. The van der Waals surface area contributed by atoms with Gasteiger partial charge in [0.1, 0.15) is 0 Å². The largest absolute Gasteiger partial charge is 0.381 e. The van der Waals surface area contributed by atoms with Crippen molar-refractivity contribution in [2.75, 3.05) is 18.5 Å². The molecule has 18 heavy (non-hydrogen) atoms. The third kappa shape index (κ3) is 8.71. The summed E-state index contributed by atoms with van der Waals surface area (Å²) in [6.45, 7) is 1.87. The lowest BCUT2D eigenvalue weighted by atomic mass is 10.1. The Bertz CT molecular complexity index is 274. The molecule has 0 aliphatic rings. The molecular formula is C16H25BrO. The Balaban J connectivity index is 1.82. The van der Waals surface area contributed by atoms with Crippen LogP contribution in [0, 0.1) is 0 Å². The van der Waals surface area contributed by atoms with Crippen molar-refractivity contribution in [3.8, 4) is 0 Å². The topological polar surface area (TPSA) is 9.23 Å². The Labute approximate surface area is 120 Å². The highest BCUT2D eigenvalue weighted by Gasteiger charge is 1.94. The maximum atomic E-state index is 5.62. The van der Waals surface area contributed by atoms with E-state index in [0.29, 0.717) is 0 Å². The number of unbranched alkanes of at least 4 members (excludes halogenated alkanes) is 4. The minimum Gasteiger partial charge on any atom is -0.381 e. The van der Waals surface area contributed by atoms with Crippen LogP contribution < -0.4 is 0 Å². The second-order valence-electron chi connectivity index (χ2n) is 4.66. The zero-order chi connectivity index (χ0) is 12.9. The van der Waals surface area contributed by atoms with Crippen molar-refractivity contribution in [2.45, 2.75) is 44.9 Å². The van der Waals surface area contributed by atoms with Gasteiger partial charge in [-0.3, -0.25) is 0 Å². The van der Waals surface area contributed by atoms with Crippen LogP contribution >= 0.6 is 15.9 Å². The van der Waals surface area contributed by atoms with Crippen molar-refractivity contribution in [3.63, 3.8) is 0 Å². The number of benzene rings is 1. The highest BCUT2D eigenvalue weighted by atomic mass is 79.9. The second kappa shape index (κ2) is 11.7. The summed E-state index contributed by atoms with van der Waals surface area (Å²) in [6, 6.07) is 10.7. The third-order valence-electron chi connectivity index (χ3n) is 3.02. The SMILES string of the molecule is BrCCCCCOCCCCCc1ccccc1. The van der Waals surface area contributed by atoms with Crippen molar-refractivity contribution in [3.05, 3.63) is 35.9 Å². The summed E-state index contributed by atoms with van der Waals surface area (Å²) in [7, 11) is 0. The van der Waals surface area contributed by atoms with E-state index in [1.165, 1.54) is 50.5 Å². The Morgan fingerprint density at radius 3 is 2.11 bits per heavy atom. The smallest absolute Gasteiger partial charge is 0.0466 e. The maximum Gasteiger partial charge on any atom is 0.0466 e. The lowest BCUT2D eigenvalue weighted by Crippen LogP contribution is -1.97. The van der Waals surface area contributed by atoms with E-state index in [1.54, 1.807) is 0 Å². The molecule has 0 amide bonds. The highest BCUT2D eigenvalue weighted by molar-refractivity contribution is 9.09. The van der Waals surface area contributed by atoms with E-state index in [-0.39, 0.29) is 0 Å². The van der Waals surface area contributed by atoms with Gasteiger partial charge < -0.3 is 4.74 Å². The zero-order valence-corrected chi connectivity index (χ0v) is 12.8. The van der Waals surface area contributed by atoms with Gasteiger partial charge in [-0.1, -0.05) is 59.1 Å². The molecular weight excluding hydrogens is 288 g/mol. The Hall–Kier alpha value is -0.340. The van der Waals surface area contributed by atoms with Crippen LogP contribution in [0.1, 0.15) is 44.1 Å². The summed E-state index contributed by atoms with van der Waals surface area (Å²) in [4.78, 5) is 0. The predicted octanol–water partition coefficient (Wildman–Crippen LogP) is 4.98. The number of aryl methyl sites for hydroxylation is 1. The number of rotatable bonds is 11. The number of halogens is 1. The van der Waals surface area contributed by atoms with E-state index in [1.807, 2.05) is 0 Å². The van der Waals surface area contributed by atoms with Crippen LogP contribution in [0.5, 0.6) is 0 Å². The number of ether oxygens (including phenoxy) is 1. The molecule has 1 aromatic rings. The first kappa shape index (κ1) is 15.7. The summed E-state index contributed by atoms with van der Waals surface area (Å²) in [6.07, 6.45) is 8.69. The van der Waals surface area contributed by atoms with E-state index in [2.05, 4.69) is 46.3 Å². The van der Waals surface area contributed by atoms with Crippen molar-refractivity contribution >= 4 is 15.9 Å². The minimum atomic E-state index is 0.934. The monoisotopic (exact) mass is 312 g/mol. The van der Waals surface area contributed by atoms with Crippen LogP contribution in [-0.2, 0) is 11.2 Å². The molecule has 1 rings (SSSR count). The second-order valence-corrected chi connectivity index (χ2v) is 5.45. The molecule has 0 atom stereocenters. The summed E-state index contributed by atoms with van der Waals surface area (Å²) < 4.78 is 5.62. The van der Waals surface area contributed by atoms with Crippen LogP contribution in [0.15, 0.2) is 30.3 Å². The highest BCUT2D eigenvalue weighted by Crippen LogP contribution is 2.06. The Kier molecular flexibility index (Phi) is 10.2. The molecule has 0 saturated heterocycles. The van der Waals surface area contributed by atoms with Crippen LogP contribution in [0.25, 0.3) is 0 Å². The molecule has 1 nitrogen and oxygen atoms in total. The number of alkyl halides is 1. The predicted molar refractivity (Wildman–Crippen MR) is 82.5 cm³/mol. The van der Waals surface area contributed by atoms with E-state index < -0.39 is 0 Å². The van der Waals surface area contributed by atoms with Gasteiger partial charge in [0.2, 0.25) is 0 Å². The molecule has 1 aromatic carbocycles. The minimum absolute atomic E-state index is 0.934. The fraction of sp³-hybridized carbons (Fsp3) is 0.625. The molecule has 0 heterocycles. The van der Waals surface area contributed by atoms with Crippen LogP contribution in [0.2, 0.25) is 0 Å². The van der Waals surface area contributed by atoms with Crippen LogP contribution in [-0.4, -0.2) is 18.5 Å². The maximum absolute atomic E-state index is 5.62. The number of hydrogen-bond donors (Lipinski definition) is 0.